The standard InChI is InChI=1S/C26H26N6O3S.H2/c1-2-31-13-14-32(17-24(31)33)26-25-23(27-18-28-26)12-11-22(30-25)20-9-6-10-21(15-20)36(34,35)29-16-19-7-4-3-5-8-19;/h3-12,15,18,29H,2,13-14,16-17H2,1H3;1H. The predicted octanol–water partition coefficient (Wildman–Crippen LogP) is 3.08. The molecule has 9 nitrogen and oxygen atoms in total. The van der Waals surface area contributed by atoms with Crippen LogP contribution in [0.25, 0.3) is 22.3 Å². The molecule has 1 fully saturated rings. The van der Waals surface area contributed by atoms with Crippen molar-refractivity contribution in [1.82, 2.24) is 24.6 Å². The molecule has 0 unspecified atom stereocenters. The van der Waals surface area contributed by atoms with Gasteiger partial charge in [0, 0.05) is 33.2 Å². The normalized spacial score (nSPS) is 14.4. The molecule has 4 aromatic rings. The molecule has 1 saturated heterocycles. The smallest absolute Gasteiger partial charge is 0.242 e. The lowest BCUT2D eigenvalue weighted by Crippen LogP contribution is -2.50. The molecule has 36 heavy (non-hydrogen) atoms. The fourth-order valence-electron chi connectivity index (χ4n) is 4.22. The topological polar surface area (TPSA) is 108 Å². The number of carbonyl (C=O) groups is 1. The largest absolute Gasteiger partial charge is 0.344 e. The molecule has 0 spiro atoms. The first-order valence-electron chi connectivity index (χ1n) is 11.7. The van der Waals surface area contributed by atoms with Crippen LogP contribution in [-0.4, -0.2) is 60.4 Å². The van der Waals surface area contributed by atoms with E-state index in [1.165, 1.54) is 6.33 Å². The van der Waals surface area contributed by atoms with Gasteiger partial charge in [0.05, 0.1) is 22.7 Å². The number of benzene rings is 2. The van der Waals surface area contributed by atoms with Crippen LogP contribution in [-0.2, 0) is 21.4 Å². The van der Waals surface area contributed by atoms with Gasteiger partial charge in [-0.05, 0) is 36.8 Å². The van der Waals surface area contributed by atoms with Crippen molar-refractivity contribution in [3.8, 4) is 11.3 Å². The lowest BCUT2D eigenvalue weighted by molar-refractivity contribution is -0.130. The van der Waals surface area contributed by atoms with E-state index in [1.54, 1.807) is 18.2 Å². The van der Waals surface area contributed by atoms with Gasteiger partial charge in [-0.25, -0.2) is 28.1 Å². The fourth-order valence-corrected chi connectivity index (χ4v) is 5.29. The first-order chi connectivity index (χ1) is 17.4. The van der Waals surface area contributed by atoms with Crippen LogP contribution in [0, 0.1) is 0 Å². The summed E-state index contributed by atoms with van der Waals surface area (Å²) < 4.78 is 28.6. The Balaban J connectivity index is 0.00000320. The molecule has 2 aromatic carbocycles. The van der Waals surface area contributed by atoms with Crippen LogP contribution in [0.3, 0.4) is 0 Å². The Labute approximate surface area is 211 Å². The highest BCUT2D eigenvalue weighted by molar-refractivity contribution is 7.89. The number of carbonyl (C=O) groups excluding carboxylic acids is 1. The minimum Gasteiger partial charge on any atom is -0.344 e. The Morgan fingerprint density at radius 1 is 1.00 bits per heavy atom. The van der Waals surface area contributed by atoms with Gasteiger partial charge < -0.3 is 9.80 Å². The minimum atomic E-state index is -3.72. The van der Waals surface area contributed by atoms with E-state index >= 15 is 0 Å². The number of amides is 1. The van der Waals surface area contributed by atoms with Crippen molar-refractivity contribution in [2.45, 2.75) is 18.4 Å². The molecule has 0 aliphatic carbocycles. The molecule has 0 atom stereocenters. The third-order valence-corrected chi connectivity index (χ3v) is 7.61. The van der Waals surface area contributed by atoms with Crippen molar-refractivity contribution in [1.29, 1.82) is 0 Å². The lowest BCUT2D eigenvalue weighted by Gasteiger charge is -2.34. The van der Waals surface area contributed by atoms with Crippen molar-refractivity contribution in [3.05, 3.63) is 78.6 Å². The molecular formula is C26H28N6O3S. The second-order valence-corrected chi connectivity index (χ2v) is 10.3. The van der Waals surface area contributed by atoms with Crippen LogP contribution in [0.5, 0.6) is 0 Å². The van der Waals surface area contributed by atoms with Crippen molar-refractivity contribution >= 4 is 32.8 Å². The maximum Gasteiger partial charge on any atom is 0.242 e. The fraction of sp³-hybridized carbons (Fsp3) is 0.231. The monoisotopic (exact) mass is 504 g/mol. The first-order valence-corrected chi connectivity index (χ1v) is 13.2. The predicted molar refractivity (Wildman–Crippen MR) is 140 cm³/mol. The van der Waals surface area contributed by atoms with E-state index in [4.69, 9.17) is 4.98 Å². The van der Waals surface area contributed by atoms with Gasteiger partial charge in [0.1, 0.15) is 11.8 Å². The SMILES string of the molecule is CCN1CCN(c2ncnc3ccc(-c4cccc(S(=O)(=O)NCc5ccccc5)c4)nc23)CC1=O.[HH]. The highest BCUT2D eigenvalue weighted by Gasteiger charge is 2.25. The number of sulfonamides is 1. The maximum atomic E-state index is 13.0. The molecule has 3 heterocycles. The average molecular weight is 505 g/mol. The Kier molecular flexibility index (Phi) is 6.62. The van der Waals surface area contributed by atoms with Gasteiger partial charge in [0.2, 0.25) is 15.9 Å². The molecule has 2 aromatic heterocycles. The van der Waals surface area contributed by atoms with E-state index in [0.29, 0.717) is 47.7 Å². The van der Waals surface area contributed by atoms with Crippen molar-refractivity contribution in [3.63, 3.8) is 0 Å². The van der Waals surface area contributed by atoms with Gasteiger partial charge in [0.15, 0.2) is 5.82 Å². The molecule has 5 rings (SSSR count). The van der Waals surface area contributed by atoms with Gasteiger partial charge in [-0.2, -0.15) is 0 Å². The zero-order valence-electron chi connectivity index (χ0n) is 19.8. The maximum absolute atomic E-state index is 13.0. The van der Waals surface area contributed by atoms with E-state index in [9.17, 15) is 13.2 Å². The van der Waals surface area contributed by atoms with Crippen LogP contribution in [0.15, 0.2) is 78.0 Å². The van der Waals surface area contributed by atoms with E-state index in [0.717, 1.165) is 5.56 Å². The van der Waals surface area contributed by atoms with Gasteiger partial charge >= 0.3 is 0 Å². The number of piperazine rings is 1. The summed E-state index contributed by atoms with van der Waals surface area (Å²) in [5.74, 6) is 0.645. The Morgan fingerprint density at radius 3 is 2.61 bits per heavy atom. The van der Waals surface area contributed by atoms with Gasteiger partial charge in [0.25, 0.3) is 0 Å². The molecule has 1 amide bonds. The number of nitrogens with one attached hydrogen (secondary N) is 1. The molecule has 0 radical (unpaired) electrons. The zero-order valence-corrected chi connectivity index (χ0v) is 20.6. The van der Waals surface area contributed by atoms with Crippen molar-refractivity contribution in [2.75, 3.05) is 31.1 Å². The summed E-state index contributed by atoms with van der Waals surface area (Å²) in [6.07, 6.45) is 1.47. The summed E-state index contributed by atoms with van der Waals surface area (Å²) in [4.78, 5) is 29.9. The number of hydrogen-bond acceptors (Lipinski definition) is 7. The quantitative estimate of drug-likeness (QED) is 0.412. The highest BCUT2D eigenvalue weighted by atomic mass is 32.2. The van der Waals surface area contributed by atoms with Gasteiger partial charge in [-0.3, -0.25) is 4.79 Å². The molecule has 1 N–H and O–H groups in total. The van der Waals surface area contributed by atoms with E-state index in [-0.39, 0.29) is 25.3 Å². The second-order valence-electron chi connectivity index (χ2n) is 8.49. The summed E-state index contributed by atoms with van der Waals surface area (Å²) in [5, 5.41) is 0. The van der Waals surface area contributed by atoms with Crippen LogP contribution in [0.4, 0.5) is 5.82 Å². The first kappa shape index (κ1) is 23.8. The zero-order chi connectivity index (χ0) is 25.1. The summed E-state index contributed by atoms with van der Waals surface area (Å²) in [5.41, 5.74) is 3.35. The third kappa shape index (κ3) is 4.91. The molecule has 186 valence electrons. The number of aromatic nitrogens is 3. The number of hydrogen-bond donors (Lipinski definition) is 1. The number of likely N-dealkylation sites (N-methyl/N-ethyl adjacent to an activating group) is 1. The number of fused-ring (bicyclic) bond motifs is 1. The summed E-state index contributed by atoms with van der Waals surface area (Å²) in [6, 6.07) is 19.7. The highest BCUT2D eigenvalue weighted by Crippen LogP contribution is 2.27. The third-order valence-electron chi connectivity index (χ3n) is 6.21. The van der Waals surface area contributed by atoms with Gasteiger partial charge in [-0.15, -0.1) is 0 Å². The summed E-state index contributed by atoms with van der Waals surface area (Å²) >= 11 is 0. The number of anilines is 1. The van der Waals surface area contributed by atoms with Crippen LogP contribution in [0.1, 0.15) is 13.9 Å². The number of pyridine rings is 1. The van der Waals surface area contributed by atoms with Crippen LogP contribution in [0.2, 0.25) is 0 Å². The van der Waals surface area contributed by atoms with Crippen molar-refractivity contribution in [2.24, 2.45) is 0 Å². The lowest BCUT2D eigenvalue weighted by atomic mass is 10.1. The second kappa shape index (κ2) is 10.00. The van der Waals surface area contributed by atoms with E-state index in [2.05, 4.69) is 14.7 Å². The molecular weight excluding hydrogens is 476 g/mol. The summed E-state index contributed by atoms with van der Waals surface area (Å²) in [6.45, 7) is 4.35. The molecule has 10 heteroatoms. The number of rotatable bonds is 7. The Hall–Kier alpha value is -3.89. The molecule has 1 aliphatic heterocycles. The number of nitrogens with zero attached hydrogens (tertiary/aromatic N) is 5. The Morgan fingerprint density at radius 2 is 1.83 bits per heavy atom. The van der Waals surface area contributed by atoms with Gasteiger partial charge in [-0.1, -0.05) is 42.5 Å². The van der Waals surface area contributed by atoms with E-state index in [1.807, 2.05) is 65.3 Å². The van der Waals surface area contributed by atoms with Crippen molar-refractivity contribution < 1.29 is 14.6 Å². The molecule has 1 aliphatic rings. The van der Waals surface area contributed by atoms with E-state index < -0.39 is 10.0 Å². The molecule has 0 saturated carbocycles. The molecule has 0 bridgehead atoms. The summed E-state index contributed by atoms with van der Waals surface area (Å²) in [7, 11) is -3.72. The van der Waals surface area contributed by atoms with Crippen LogP contribution < -0.4 is 9.62 Å². The Bertz CT molecular complexity index is 1520. The average Bonchev–Trinajstić information content (AvgIpc) is 2.92. The van der Waals surface area contributed by atoms with Crippen LogP contribution >= 0.6 is 0 Å². The minimum absolute atomic E-state index is 0.